The van der Waals surface area contributed by atoms with Crippen LogP contribution in [0, 0.1) is 20.8 Å². The van der Waals surface area contributed by atoms with Crippen LogP contribution in [0.2, 0.25) is 0 Å². The molecule has 3 aromatic rings. The van der Waals surface area contributed by atoms with Gasteiger partial charge in [0.05, 0.1) is 11.9 Å². The van der Waals surface area contributed by atoms with E-state index in [0.717, 1.165) is 22.5 Å². The molecule has 1 aromatic heterocycles. The number of nitrogens with one attached hydrogen (secondary N) is 2. The predicted molar refractivity (Wildman–Crippen MR) is 113 cm³/mol. The summed E-state index contributed by atoms with van der Waals surface area (Å²) in [6, 6.07) is 14.6. The molecule has 0 atom stereocenters. The minimum Gasteiger partial charge on any atom is -0.354 e. The molecule has 2 N–H and O–H groups in total. The van der Waals surface area contributed by atoms with Crippen LogP contribution >= 0.6 is 0 Å². The monoisotopic (exact) mass is 373 g/mol. The van der Waals surface area contributed by atoms with E-state index in [1.54, 1.807) is 36.5 Å². The zero-order valence-electron chi connectivity index (χ0n) is 16.5. The normalized spacial score (nSPS) is 10.4. The van der Waals surface area contributed by atoms with Crippen LogP contribution in [0.3, 0.4) is 0 Å². The van der Waals surface area contributed by atoms with Crippen LogP contribution in [0.15, 0.2) is 54.7 Å². The number of aryl methyl sites for hydroxylation is 3. The van der Waals surface area contributed by atoms with Gasteiger partial charge >= 0.3 is 0 Å². The number of hydrogen-bond acceptors (Lipinski definition) is 4. The third-order valence-electron chi connectivity index (χ3n) is 4.47. The molecule has 0 aliphatic rings. The van der Waals surface area contributed by atoms with Crippen LogP contribution < -0.4 is 10.6 Å². The molecule has 5 heteroatoms. The molecule has 0 saturated carbocycles. The number of pyridine rings is 1. The van der Waals surface area contributed by atoms with E-state index >= 15 is 0 Å². The van der Waals surface area contributed by atoms with Crippen LogP contribution in [0.4, 0.5) is 17.1 Å². The van der Waals surface area contributed by atoms with E-state index in [1.165, 1.54) is 12.5 Å². The molecule has 0 aliphatic heterocycles. The Labute approximate surface area is 164 Å². The molecular formula is C23H23N3O2. The number of Topliss-reactive ketones (excluding diaryl/α,β-unsaturated/α-hetero) is 1. The Hall–Kier alpha value is -3.47. The Morgan fingerprint density at radius 3 is 2.21 bits per heavy atom. The van der Waals surface area contributed by atoms with Gasteiger partial charge in [0.15, 0.2) is 5.78 Å². The van der Waals surface area contributed by atoms with Crippen molar-refractivity contribution in [2.75, 3.05) is 10.6 Å². The number of anilines is 3. The SMILES string of the molecule is CC(=O)c1cccc(NC(=O)c2ccc(Nc3c(C)cc(C)cc3C)cn2)c1. The molecule has 0 saturated heterocycles. The Morgan fingerprint density at radius 2 is 1.61 bits per heavy atom. The van der Waals surface area contributed by atoms with Crippen molar-refractivity contribution < 1.29 is 9.59 Å². The first-order valence-corrected chi connectivity index (χ1v) is 9.07. The topological polar surface area (TPSA) is 71.1 Å². The molecule has 0 radical (unpaired) electrons. The van der Waals surface area contributed by atoms with Gasteiger partial charge in [-0.3, -0.25) is 9.59 Å². The fourth-order valence-electron chi connectivity index (χ4n) is 3.13. The van der Waals surface area contributed by atoms with Crippen molar-refractivity contribution >= 4 is 28.8 Å². The lowest BCUT2D eigenvalue weighted by molar-refractivity contribution is 0.100. The molecular weight excluding hydrogens is 350 g/mol. The summed E-state index contributed by atoms with van der Waals surface area (Å²) < 4.78 is 0. The maximum absolute atomic E-state index is 12.4. The highest BCUT2D eigenvalue weighted by Crippen LogP contribution is 2.25. The number of rotatable bonds is 5. The van der Waals surface area contributed by atoms with E-state index in [1.807, 2.05) is 6.07 Å². The number of aromatic nitrogens is 1. The summed E-state index contributed by atoms with van der Waals surface area (Å²) in [4.78, 5) is 28.2. The van der Waals surface area contributed by atoms with Gasteiger partial charge in [-0.05, 0) is 63.1 Å². The fraction of sp³-hybridized carbons (Fsp3) is 0.174. The molecule has 1 heterocycles. The number of carbonyl (C=O) groups is 2. The average molecular weight is 373 g/mol. The minimum atomic E-state index is -0.324. The highest BCUT2D eigenvalue weighted by molar-refractivity contribution is 6.04. The molecule has 3 rings (SSSR count). The Kier molecular flexibility index (Phi) is 5.54. The van der Waals surface area contributed by atoms with E-state index in [0.29, 0.717) is 16.9 Å². The number of nitrogens with zero attached hydrogens (tertiary/aromatic N) is 1. The van der Waals surface area contributed by atoms with Crippen molar-refractivity contribution in [3.05, 3.63) is 82.7 Å². The highest BCUT2D eigenvalue weighted by Gasteiger charge is 2.10. The zero-order chi connectivity index (χ0) is 20.3. The minimum absolute atomic E-state index is 0.0497. The lowest BCUT2D eigenvalue weighted by Crippen LogP contribution is -2.14. The first-order valence-electron chi connectivity index (χ1n) is 9.07. The second-order valence-corrected chi connectivity index (χ2v) is 6.92. The summed E-state index contributed by atoms with van der Waals surface area (Å²) in [6.45, 7) is 7.69. The highest BCUT2D eigenvalue weighted by atomic mass is 16.2. The summed E-state index contributed by atoms with van der Waals surface area (Å²) in [7, 11) is 0. The first-order chi connectivity index (χ1) is 13.3. The van der Waals surface area contributed by atoms with Crippen molar-refractivity contribution in [1.82, 2.24) is 4.98 Å². The molecule has 0 fully saturated rings. The molecule has 5 nitrogen and oxygen atoms in total. The lowest BCUT2D eigenvalue weighted by atomic mass is 10.0. The van der Waals surface area contributed by atoms with E-state index in [2.05, 4.69) is 48.5 Å². The molecule has 28 heavy (non-hydrogen) atoms. The van der Waals surface area contributed by atoms with Gasteiger partial charge in [0, 0.05) is 16.9 Å². The van der Waals surface area contributed by atoms with Gasteiger partial charge in [0.1, 0.15) is 5.69 Å². The number of hydrogen-bond donors (Lipinski definition) is 2. The molecule has 2 aromatic carbocycles. The maximum atomic E-state index is 12.4. The van der Waals surface area contributed by atoms with E-state index in [4.69, 9.17) is 0 Å². The summed E-state index contributed by atoms with van der Waals surface area (Å²) in [5.74, 6) is -0.374. The van der Waals surface area contributed by atoms with Crippen molar-refractivity contribution in [2.24, 2.45) is 0 Å². The third kappa shape index (κ3) is 4.43. The van der Waals surface area contributed by atoms with Gasteiger partial charge in [-0.15, -0.1) is 0 Å². The summed E-state index contributed by atoms with van der Waals surface area (Å²) in [5.41, 5.74) is 6.81. The fourth-order valence-corrected chi connectivity index (χ4v) is 3.13. The average Bonchev–Trinajstić information content (AvgIpc) is 2.65. The van der Waals surface area contributed by atoms with E-state index < -0.39 is 0 Å². The van der Waals surface area contributed by atoms with Crippen LogP contribution in [0.1, 0.15) is 44.5 Å². The van der Waals surface area contributed by atoms with Gasteiger partial charge < -0.3 is 10.6 Å². The third-order valence-corrected chi connectivity index (χ3v) is 4.47. The van der Waals surface area contributed by atoms with E-state index in [9.17, 15) is 9.59 Å². The number of carbonyl (C=O) groups excluding carboxylic acids is 2. The second kappa shape index (κ2) is 8.05. The van der Waals surface area contributed by atoms with Crippen molar-refractivity contribution in [3.8, 4) is 0 Å². The van der Waals surface area contributed by atoms with Crippen molar-refractivity contribution in [2.45, 2.75) is 27.7 Å². The van der Waals surface area contributed by atoms with Crippen molar-refractivity contribution in [1.29, 1.82) is 0 Å². The van der Waals surface area contributed by atoms with Crippen LogP contribution in [0.25, 0.3) is 0 Å². The zero-order valence-corrected chi connectivity index (χ0v) is 16.5. The van der Waals surface area contributed by atoms with Gasteiger partial charge in [-0.2, -0.15) is 0 Å². The summed E-state index contributed by atoms with van der Waals surface area (Å²) >= 11 is 0. The standard InChI is InChI=1S/C23H23N3O2/c1-14-10-15(2)22(16(3)11-14)25-20-8-9-21(24-13-20)23(28)26-19-7-5-6-18(12-19)17(4)27/h5-13,25H,1-4H3,(H,26,28). The Morgan fingerprint density at radius 1 is 0.893 bits per heavy atom. The largest absolute Gasteiger partial charge is 0.354 e. The molecule has 0 bridgehead atoms. The molecule has 142 valence electrons. The maximum Gasteiger partial charge on any atom is 0.274 e. The smallest absolute Gasteiger partial charge is 0.274 e. The molecule has 0 aliphatic carbocycles. The Balaban J connectivity index is 1.73. The number of benzene rings is 2. The summed E-state index contributed by atoms with van der Waals surface area (Å²) in [5, 5.41) is 6.14. The number of amides is 1. The quantitative estimate of drug-likeness (QED) is 0.603. The van der Waals surface area contributed by atoms with E-state index in [-0.39, 0.29) is 11.7 Å². The van der Waals surface area contributed by atoms with Gasteiger partial charge in [-0.25, -0.2) is 4.98 Å². The van der Waals surface area contributed by atoms with Gasteiger partial charge in [-0.1, -0.05) is 29.8 Å². The van der Waals surface area contributed by atoms with Crippen LogP contribution in [-0.2, 0) is 0 Å². The van der Waals surface area contributed by atoms with Crippen LogP contribution in [-0.4, -0.2) is 16.7 Å². The second-order valence-electron chi connectivity index (χ2n) is 6.92. The predicted octanol–water partition coefficient (Wildman–Crippen LogP) is 5.21. The van der Waals surface area contributed by atoms with Gasteiger partial charge in [0.2, 0.25) is 0 Å². The molecule has 1 amide bonds. The van der Waals surface area contributed by atoms with Crippen LogP contribution in [0.5, 0.6) is 0 Å². The first kappa shape index (κ1) is 19.3. The lowest BCUT2D eigenvalue weighted by Gasteiger charge is -2.14. The Bertz CT molecular complexity index is 1020. The number of ketones is 1. The molecule has 0 unspecified atom stereocenters. The van der Waals surface area contributed by atoms with Gasteiger partial charge in [0.25, 0.3) is 5.91 Å². The summed E-state index contributed by atoms with van der Waals surface area (Å²) in [6.07, 6.45) is 1.64. The van der Waals surface area contributed by atoms with Crippen molar-refractivity contribution in [3.63, 3.8) is 0 Å². The molecule has 0 spiro atoms.